The minimum absolute atomic E-state index is 0.133. The lowest BCUT2D eigenvalue weighted by atomic mass is 9.85. The lowest BCUT2D eigenvalue weighted by Gasteiger charge is -2.33. The Labute approximate surface area is 128 Å². The van der Waals surface area contributed by atoms with E-state index in [9.17, 15) is 4.79 Å². The number of nitrogens with one attached hydrogen (secondary N) is 1. The zero-order valence-corrected chi connectivity index (χ0v) is 13.2. The van der Waals surface area contributed by atoms with E-state index in [-0.39, 0.29) is 12.0 Å². The number of hydrogen-bond acceptors (Lipinski definition) is 3. The topological polar surface area (TPSA) is 38.3 Å². The zero-order valence-electron chi connectivity index (χ0n) is 13.2. The molecule has 0 spiro atoms. The smallest absolute Gasteiger partial charge is 0.307 e. The Morgan fingerprint density at radius 1 is 1.29 bits per heavy atom. The SMILES string of the molecule is COC(=O)CC(Cc1ccccc1)NC1CCCCC1C. The van der Waals surface area contributed by atoms with E-state index in [2.05, 4.69) is 24.4 Å². The first-order valence-electron chi connectivity index (χ1n) is 8.06. The van der Waals surface area contributed by atoms with Crippen molar-refractivity contribution in [2.24, 2.45) is 5.92 Å². The Bertz CT molecular complexity index is 432. The van der Waals surface area contributed by atoms with Crippen LogP contribution in [0.4, 0.5) is 0 Å². The van der Waals surface area contributed by atoms with Crippen molar-refractivity contribution in [1.82, 2.24) is 5.32 Å². The average Bonchev–Trinajstić information content (AvgIpc) is 2.50. The molecule has 0 radical (unpaired) electrons. The van der Waals surface area contributed by atoms with Crippen molar-refractivity contribution < 1.29 is 9.53 Å². The molecule has 2 rings (SSSR count). The lowest BCUT2D eigenvalue weighted by molar-refractivity contribution is -0.141. The molecule has 1 aromatic carbocycles. The summed E-state index contributed by atoms with van der Waals surface area (Å²) in [6.07, 6.45) is 6.44. The summed E-state index contributed by atoms with van der Waals surface area (Å²) < 4.78 is 4.86. The molecular formula is C18H27NO2. The number of rotatable bonds is 6. The first kappa shape index (κ1) is 16.0. The summed E-state index contributed by atoms with van der Waals surface area (Å²) >= 11 is 0. The minimum atomic E-state index is -0.133. The average molecular weight is 289 g/mol. The zero-order chi connectivity index (χ0) is 15.1. The van der Waals surface area contributed by atoms with Gasteiger partial charge in [-0.1, -0.05) is 50.1 Å². The van der Waals surface area contributed by atoms with E-state index < -0.39 is 0 Å². The van der Waals surface area contributed by atoms with Gasteiger partial charge in [0, 0.05) is 12.1 Å². The number of carbonyl (C=O) groups excluding carboxylic acids is 1. The lowest BCUT2D eigenvalue weighted by Crippen LogP contribution is -2.45. The molecule has 0 saturated heterocycles. The molecule has 1 aliphatic carbocycles. The monoisotopic (exact) mass is 289 g/mol. The maximum atomic E-state index is 11.7. The first-order chi connectivity index (χ1) is 10.2. The molecule has 1 saturated carbocycles. The molecule has 21 heavy (non-hydrogen) atoms. The molecule has 0 amide bonds. The predicted molar refractivity (Wildman–Crippen MR) is 85.1 cm³/mol. The Kier molecular flexibility index (Phi) is 6.24. The normalized spacial score (nSPS) is 23.5. The van der Waals surface area contributed by atoms with Crippen molar-refractivity contribution in [2.75, 3.05) is 7.11 Å². The summed E-state index contributed by atoms with van der Waals surface area (Å²) in [5.41, 5.74) is 1.27. The first-order valence-corrected chi connectivity index (χ1v) is 8.06. The van der Waals surface area contributed by atoms with Crippen LogP contribution < -0.4 is 5.32 Å². The molecule has 1 N–H and O–H groups in total. The standard InChI is InChI=1S/C18H27NO2/c1-14-8-6-7-11-17(14)19-16(13-18(20)21-2)12-15-9-4-3-5-10-15/h3-5,9-10,14,16-17,19H,6-8,11-13H2,1-2H3. The number of benzene rings is 1. The van der Waals surface area contributed by atoms with Crippen LogP contribution in [0.5, 0.6) is 0 Å². The van der Waals surface area contributed by atoms with Crippen molar-refractivity contribution >= 4 is 5.97 Å². The van der Waals surface area contributed by atoms with Gasteiger partial charge in [-0.15, -0.1) is 0 Å². The largest absolute Gasteiger partial charge is 0.469 e. The van der Waals surface area contributed by atoms with Crippen LogP contribution in [0, 0.1) is 5.92 Å². The van der Waals surface area contributed by atoms with Crippen molar-refractivity contribution in [3.63, 3.8) is 0 Å². The van der Waals surface area contributed by atoms with E-state index in [0.717, 1.165) is 6.42 Å². The third-order valence-electron chi connectivity index (χ3n) is 4.53. The van der Waals surface area contributed by atoms with Gasteiger partial charge < -0.3 is 10.1 Å². The molecule has 116 valence electrons. The maximum absolute atomic E-state index is 11.7. The summed E-state index contributed by atoms with van der Waals surface area (Å²) in [6, 6.07) is 11.0. The highest BCUT2D eigenvalue weighted by molar-refractivity contribution is 5.70. The third-order valence-corrected chi connectivity index (χ3v) is 4.53. The van der Waals surface area contributed by atoms with Gasteiger partial charge in [-0.05, 0) is 30.7 Å². The highest BCUT2D eigenvalue weighted by Gasteiger charge is 2.25. The molecule has 1 aliphatic rings. The molecule has 3 atom stereocenters. The van der Waals surface area contributed by atoms with Gasteiger partial charge in [0.1, 0.15) is 0 Å². The number of ether oxygens (including phenoxy) is 1. The van der Waals surface area contributed by atoms with E-state index in [1.165, 1.54) is 38.4 Å². The molecule has 0 heterocycles. The van der Waals surface area contributed by atoms with E-state index >= 15 is 0 Å². The molecule has 3 heteroatoms. The summed E-state index contributed by atoms with van der Waals surface area (Å²) in [5, 5.41) is 3.72. The second kappa shape index (κ2) is 8.18. The fourth-order valence-corrected chi connectivity index (χ4v) is 3.24. The molecule has 0 aliphatic heterocycles. The van der Waals surface area contributed by atoms with Crippen molar-refractivity contribution in [3.8, 4) is 0 Å². The Morgan fingerprint density at radius 3 is 2.67 bits per heavy atom. The molecule has 3 unspecified atom stereocenters. The molecule has 0 aromatic heterocycles. The number of esters is 1. The van der Waals surface area contributed by atoms with Crippen LogP contribution in [-0.4, -0.2) is 25.2 Å². The van der Waals surface area contributed by atoms with Crippen molar-refractivity contribution in [2.45, 2.75) is 57.5 Å². The van der Waals surface area contributed by atoms with E-state index in [1.54, 1.807) is 0 Å². The van der Waals surface area contributed by atoms with E-state index in [0.29, 0.717) is 18.4 Å². The van der Waals surface area contributed by atoms with Gasteiger partial charge in [0.15, 0.2) is 0 Å². The van der Waals surface area contributed by atoms with Crippen molar-refractivity contribution in [3.05, 3.63) is 35.9 Å². The van der Waals surface area contributed by atoms with Gasteiger partial charge in [-0.25, -0.2) is 0 Å². The summed E-state index contributed by atoms with van der Waals surface area (Å²) in [4.78, 5) is 11.7. The van der Waals surface area contributed by atoms with Crippen LogP contribution in [-0.2, 0) is 16.0 Å². The van der Waals surface area contributed by atoms with Crippen molar-refractivity contribution in [1.29, 1.82) is 0 Å². The second-order valence-electron chi connectivity index (χ2n) is 6.20. The second-order valence-corrected chi connectivity index (χ2v) is 6.20. The van der Waals surface area contributed by atoms with E-state index in [4.69, 9.17) is 4.74 Å². The number of carbonyl (C=O) groups is 1. The van der Waals surface area contributed by atoms with Gasteiger partial charge in [0.25, 0.3) is 0 Å². The summed E-state index contributed by atoms with van der Waals surface area (Å²) in [6.45, 7) is 2.31. The molecular weight excluding hydrogens is 262 g/mol. The van der Waals surface area contributed by atoms with Crippen LogP contribution >= 0.6 is 0 Å². The molecule has 3 nitrogen and oxygen atoms in total. The van der Waals surface area contributed by atoms with Gasteiger partial charge in [0.2, 0.25) is 0 Å². The molecule has 1 fully saturated rings. The Morgan fingerprint density at radius 2 is 2.00 bits per heavy atom. The highest BCUT2D eigenvalue weighted by Crippen LogP contribution is 2.24. The minimum Gasteiger partial charge on any atom is -0.469 e. The van der Waals surface area contributed by atoms with Crippen LogP contribution in [0.25, 0.3) is 0 Å². The van der Waals surface area contributed by atoms with Crippen LogP contribution in [0.2, 0.25) is 0 Å². The van der Waals surface area contributed by atoms with Crippen LogP contribution in [0.15, 0.2) is 30.3 Å². The maximum Gasteiger partial charge on any atom is 0.307 e. The van der Waals surface area contributed by atoms with Gasteiger partial charge in [0.05, 0.1) is 13.5 Å². The van der Waals surface area contributed by atoms with Crippen LogP contribution in [0.1, 0.15) is 44.6 Å². The molecule has 0 bridgehead atoms. The summed E-state index contributed by atoms with van der Waals surface area (Å²) in [5.74, 6) is 0.557. The Balaban J connectivity index is 1.99. The molecule has 1 aromatic rings. The van der Waals surface area contributed by atoms with Crippen LogP contribution in [0.3, 0.4) is 0 Å². The Hall–Kier alpha value is -1.35. The fourth-order valence-electron chi connectivity index (χ4n) is 3.24. The van der Waals surface area contributed by atoms with E-state index in [1.807, 2.05) is 18.2 Å². The number of hydrogen-bond donors (Lipinski definition) is 1. The highest BCUT2D eigenvalue weighted by atomic mass is 16.5. The van der Waals surface area contributed by atoms with Gasteiger partial charge in [-0.3, -0.25) is 4.79 Å². The van der Waals surface area contributed by atoms with Gasteiger partial charge in [-0.2, -0.15) is 0 Å². The quantitative estimate of drug-likeness (QED) is 0.816. The summed E-state index contributed by atoms with van der Waals surface area (Å²) in [7, 11) is 1.46. The third kappa shape index (κ3) is 5.16. The van der Waals surface area contributed by atoms with Gasteiger partial charge >= 0.3 is 5.97 Å². The number of methoxy groups -OCH3 is 1. The predicted octanol–water partition coefficient (Wildman–Crippen LogP) is 3.33. The fraction of sp³-hybridized carbons (Fsp3) is 0.611.